The molecule has 0 aliphatic carbocycles. The van der Waals surface area contributed by atoms with Gasteiger partial charge in [-0.1, -0.05) is 20.8 Å². The van der Waals surface area contributed by atoms with E-state index in [1.54, 1.807) is 0 Å². The number of nitrogens with zero attached hydrogens (tertiary/aromatic N) is 2. The van der Waals surface area contributed by atoms with Gasteiger partial charge in [0.2, 0.25) is 0 Å². The molecule has 1 unspecified atom stereocenters. The summed E-state index contributed by atoms with van der Waals surface area (Å²) in [6, 6.07) is 2.17. The van der Waals surface area contributed by atoms with Gasteiger partial charge in [0.05, 0.1) is 0 Å². The number of rotatable bonds is 5. The zero-order chi connectivity index (χ0) is 13.7. The summed E-state index contributed by atoms with van der Waals surface area (Å²) in [6.07, 6.45) is 6.60. The summed E-state index contributed by atoms with van der Waals surface area (Å²) in [4.78, 5) is 6.82. The highest BCUT2D eigenvalue weighted by Gasteiger charge is 2.18. The quantitative estimate of drug-likeness (QED) is 0.883. The highest BCUT2D eigenvalue weighted by Crippen LogP contribution is 2.25. The zero-order valence-electron chi connectivity index (χ0n) is 12.5. The average molecular weight is 261 g/mol. The first-order valence-corrected chi connectivity index (χ1v) is 7.55. The summed E-state index contributed by atoms with van der Waals surface area (Å²) < 4.78 is 0. The minimum absolute atomic E-state index is 0.690. The van der Waals surface area contributed by atoms with E-state index in [4.69, 9.17) is 0 Å². The Morgan fingerprint density at radius 2 is 2.32 bits per heavy atom. The van der Waals surface area contributed by atoms with Gasteiger partial charge in [0.25, 0.3) is 0 Å². The van der Waals surface area contributed by atoms with E-state index in [2.05, 4.69) is 42.0 Å². The van der Waals surface area contributed by atoms with E-state index in [1.807, 2.05) is 12.4 Å². The Balaban J connectivity index is 2.02. The Bertz CT molecular complexity index is 389. The van der Waals surface area contributed by atoms with Crippen LogP contribution in [0.15, 0.2) is 18.5 Å². The van der Waals surface area contributed by atoms with Crippen molar-refractivity contribution < 1.29 is 0 Å². The smallest absolute Gasteiger partial charge is 0.0442 e. The van der Waals surface area contributed by atoms with Crippen molar-refractivity contribution in [1.82, 2.24) is 10.3 Å². The maximum absolute atomic E-state index is 4.29. The normalized spacial score (nSPS) is 20.0. The number of nitrogens with one attached hydrogen (secondary N) is 1. The monoisotopic (exact) mass is 261 g/mol. The van der Waals surface area contributed by atoms with Crippen LogP contribution in [0.3, 0.4) is 0 Å². The minimum atomic E-state index is 0.690. The molecule has 1 aliphatic heterocycles. The molecule has 1 aliphatic rings. The number of hydrogen-bond donors (Lipinski definition) is 1. The predicted molar refractivity (Wildman–Crippen MR) is 81.4 cm³/mol. The van der Waals surface area contributed by atoms with E-state index in [1.165, 1.54) is 37.2 Å². The molecule has 0 saturated carbocycles. The lowest BCUT2D eigenvalue weighted by Gasteiger charge is -2.34. The van der Waals surface area contributed by atoms with Crippen molar-refractivity contribution in [3.05, 3.63) is 24.0 Å². The van der Waals surface area contributed by atoms with Gasteiger partial charge in [-0.25, -0.2) is 0 Å². The molecule has 0 spiro atoms. The van der Waals surface area contributed by atoms with Crippen LogP contribution in [0.2, 0.25) is 0 Å². The molecule has 1 N–H and O–H groups in total. The molecule has 1 aromatic rings. The minimum Gasteiger partial charge on any atom is -0.371 e. The van der Waals surface area contributed by atoms with Crippen LogP contribution in [0.1, 0.15) is 39.2 Å². The maximum atomic E-state index is 4.29. The lowest BCUT2D eigenvalue weighted by atomic mass is 9.99. The van der Waals surface area contributed by atoms with Crippen LogP contribution in [-0.2, 0) is 6.54 Å². The molecule has 3 nitrogen and oxygen atoms in total. The fourth-order valence-corrected chi connectivity index (χ4v) is 2.77. The summed E-state index contributed by atoms with van der Waals surface area (Å²) in [5.41, 5.74) is 2.70. The number of pyridine rings is 1. The fraction of sp³-hybridized carbons (Fsp3) is 0.688. The van der Waals surface area contributed by atoms with Gasteiger partial charge in [-0.05, 0) is 37.3 Å². The predicted octanol–water partition coefficient (Wildman–Crippen LogP) is 3.06. The Morgan fingerprint density at radius 1 is 1.47 bits per heavy atom. The van der Waals surface area contributed by atoms with Gasteiger partial charge in [-0.2, -0.15) is 0 Å². The third kappa shape index (κ3) is 4.20. The first-order valence-electron chi connectivity index (χ1n) is 7.55. The van der Waals surface area contributed by atoms with E-state index in [0.717, 1.165) is 19.0 Å². The van der Waals surface area contributed by atoms with Gasteiger partial charge in [0.15, 0.2) is 0 Å². The van der Waals surface area contributed by atoms with Crippen molar-refractivity contribution >= 4 is 5.69 Å². The number of anilines is 1. The van der Waals surface area contributed by atoms with E-state index < -0.39 is 0 Å². The van der Waals surface area contributed by atoms with Crippen LogP contribution in [0.25, 0.3) is 0 Å². The Hall–Kier alpha value is -1.09. The van der Waals surface area contributed by atoms with Crippen LogP contribution in [0.5, 0.6) is 0 Å². The van der Waals surface area contributed by atoms with Crippen molar-refractivity contribution in [1.29, 1.82) is 0 Å². The Kier molecular flexibility index (Phi) is 5.20. The molecule has 19 heavy (non-hydrogen) atoms. The highest BCUT2D eigenvalue weighted by molar-refractivity contribution is 5.52. The molecule has 1 atom stereocenters. The van der Waals surface area contributed by atoms with E-state index in [-0.39, 0.29) is 0 Å². The second-order valence-corrected chi connectivity index (χ2v) is 6.22. The van der Waals surface area contributed by atoms with Gasteiger partial charge < -0.3 is 10.2 Å². The molecule has 106 valence electrons. The highest BCUT2D eigenvalue weighted by atomic mass is 15.1. The van der Waals surface area contributed by atoms with E-state index in [0.29, 0.717) is 5.92 Å². The van der Waals surface area contributed by atoms with Crippen LogP contribution in [0.4, 0.5) is 5.69 Å². The molecule has 2 heterocycles. The molecular weight excluding hydrogens is 234 g/mol. The van der Waals surface area contributed by atoms with Gasteiger partial charge >= 0.3 is 0 Å². The molecule has 0 amide bonds. The van der Waals surface area contributed by atoms with Crippen molar-refractivity contribution in [2.45, 2.75) is 40.2 Å². The third-order valence-electron chi connectivity index (χ3n) is 3.74. The third-order valence-corrected chi connectivity index (χ3v) is 3.74. The lowest BCUT2D eigenvalue weighted by molar-refractivity contribution is 0.445. The summed E-state index contributed by atoms with van der Waals surface area (Å²) in [6.45, 7) is 11.2. The molecule has 0 bridgehead atoms. The number of aromatic nitrogens is 1. The second-order valence-electron chi connectivity index (χ2n) is 6.22. The van der Waals surface area contributed by atoms with Gasteiger partial charge in [-0.3, -0.25) is 4.98 Å². The van der Waals surface area contributed by atoms with Gasteiger partial charge in [0.1, 0.15) is 0 Å². The Labute approximate surface area is 117 Å². The second kappa shape index (κ2) is 6.90. The molecule has 1 saturated heterocycles. The van der Waals surface area contributed by atoms with Crippen molar-refractivity contribution in [3.63, 3.8) is 0 Å². The van der Waals surface area contributed by atoms with Crippen LogP contribution < -0.4 is 10.2 Å². The molecule has 0 aromatic carbocycles. The molecule has 1 aromatic heterocycles. The topological polar surface area (TPSA) is 28.2 Å². The maximum Gasteiger partial charge on any atom is 0.0442 e. The van der Waals surface area contributed by atoms with Crippen LogP contribution >= 0.6 is 0 Å². The Morgan fingerprint density at radius 3 is 3.05 bits per heavy atom. The van der Waals surface area contributed by atoms with Gasteiger partial charge in [0, 0.05) is 43.3 Å². The summed E-state index contributed by atoms with van der Waals surface area (Å²) in [5.74, 6) is 1.49. The first kappa shape index (κ1) is 14.3. The molecule has 1 fully saturated rings. The zero-order valence-corrected chi connectivity index (χ0v) is 12.5. The lowest BCUT2D eigenvalue weighted by Crippen LogP contribution is -2.35. The summed E-state index contributed by atoms with van der Waals surface area (Å²) in [7, 11) is 0. The van der Waals surface area contributed by atoms with E-state index in [9.17, 15) is 0 Å². The first-order chi connectivity index (χ1) is 9.16. The largest absolute Gasteiger partial charge is 0.371 e. The van der Waals surface area contributed by atoms with Crippen molar-refractivity contribution in [2.24, 2.45) is 11.8 Å². The SMILES string of the molecule is CC(C)CNCc1cnccc1N1CCCC(C)C1. The number of hydrogen-bond acceptors (Lipinski definition) is 3. The van der Waals surface area contributed by atoms with Crippen molar-refractivity contribution in [2.75, 3.05) is 24.5 Å². The summed E-state index contributed by atoms with van der Waals surface area (Å²) >= 11 is 0. The summed E-state index contributed by atoms with van der Waals surface area (Å²) in [5, 5.41) is 3.53. The molecular formula is C16H27N3. The standard InChI is InChI=1S/C16H27N3/c1-13(2)9-18-11-15-10-17-7-6-16(15)19-8-4-5-14(3)12-19/h6-7,10,13-14,18H,4-5,8-9,11-12H2,1-3H3. The van der Waals surface area contributed by atoms with Gasteiger partial charge in [-0.15, -0.1) is 0 Å². The fourth-order valence-electron chi connectivity index (χ4n) is 2.77. The van der Waals surface area contributed by atoms with E-state index >= 15 is 0 Å². The molecule has 0 radical (unpaired) electrons. The van der Waals surface area contributed by atoms with Crippen LogP contribution in [-0.4, -0.2) is 24.6 Å². The molecule has 2 rings (SSSR count). The van der Waals surface area contributed by atoms with Crippen LogP contribution in [0, 0.1) is 11.8 Å². The average Bonchev–Trinajstić information content (AvgIpc) is 2.39. The number of piperidine rings is 1. The van der Waals surface area contributed by atoms with Crippen molar-refractivity contribution in [3.8, 4) is 0 Å². The molecule has 3 heteroatoms.